The Bertz CT molecular complexity index is 1350. The maximum absolute atomic E-state index is 13.4. The Kier molecular flexibility index (Phi) is 13.5. The average Bonchev–Trinajstić information content (AvgIpc) is 3.34. The van der Waals surface area contributed by atoms with E-state index >= 15 is 0 Å². The van der Waals surface area contributed by atoms with Crippen molar-refractivity contribution in [3.05, 3.63) is 36.0 Å². The number of nitrogens with one attached hydrogen (secondary N) is 5. The summed E-state index contributed by atoms with van der Waals surface area (Å²) in [5.74, 6) is -6.44. The number of aromatic amines is 1. The first-order valence-electron chi connectivity index (χ1n) is 13.3. The second kappa shape index (κ2) is 16.7. The molecular formula is C27H36N6O9S. The van der Waals surface area contributed by atoms with Crippen LogP contribution in [0.25, 0.3) is 10.9 Å². The van der Waals surface area contributed by atoms with Crippen molar-refractivity contribution in [3.8, 4) is 0 Å². The summed E-state index contributed by atoms with van der Waals surface area (Å²) in [5.41, 5.74) is 6.83. The minimum Gasteiger partial charge on any atom is -0.481 e. The molecule has 0 radical (unpaired) electrons. The van der Waals surface area contributed by atoms with E-state index in [9.17, 15) is 38.7 Å². The fourth-order valence-corrected chi connectivity index (χ4v) is 4.71. The smallest absolute Gasteiger partial charge is 0.305 e. The molecule has 0 aliphatic heterocycles. The summed E-state index contributed by atoms with van der Waals surface area (Å²) in [7, 11) is 0. The molecule has 5 amide bonds. The lowest BCUT2D eigenvalue weighted by atomic mass is 10.0. The number of nitrogens with two attached hydrogens (primary N) is 1. The molecule has 2 aromatic rings. The molecule has 0 bridgehead atoms. The third-order valence-electron chi connectivity index (χ3n) is 6.36. The molecule has 1 aromatic heterocycles. The van der Waals surface area contributed by atoms with E-state index in [1.807, 2.05) is 24.3 Å². The largest absolute Gasteiger partial charge is 0.481 e. The number of fused-ring (bicyclic) bond motifs is 1. The van der Waals surface area contributed by atoms with Crippen LogP contribution in [0.4, 0.5) is 0 Å². The quantitative estimate of drug-likeness (QED) is 0.103. The summed E-state index contributed by atoms with van der Waals surface area (Å²) < 4.78 is 0. The summed E-state index contributed by atoms with van der Waals surface area (Å²) in [4.78, 5) is 88.6. The monoisotopic (exact) mass is 620 g/mol. The Morgan fingerprint density at radius 1 is 0.837 bits per heavy atom. The number of carboxylic acid groups (broad SMARTS) is 2. The highest BCUT2D eigenvalue weighted by Crippen LogP contribution is 2.19. The Morgan fingerprint density at radius 3 is 2.05 bits per heavy atom. The normalized spacial score (nSPS) is 13.6. The molecule has 0 spiro atoms. The lowest BCUT2D eigenvalue weighted by Gasteiger charge is -2.25. The zero-order chi connectivity index (χ0) is 32.1. The van der Waals surface area contributed by atoms with E-state index in [1.165, 1.54) is 18.7 Å². The van der Waals surface area contributed by atoms with E-state index in [0.717, 1.165) is 16.5 Å². The van der Waals surface area contributed by atoms with Gasteiger partial charge in [-0.25, -0.2) is 0 Å². The first kappa shape index (κ1) is 34.6. The molecule has 16 heteroatoms. The third kappa shape index (κ3) is 11.3. The fourth-order valence-electron chi connectivity index (χ4n) is 4.23. The summed E-state index contributed by atoms with van der Waals surface area (Å²) in [5, 5.41) is 28.7. The number of carbonyl (C=O) groups is 7. The number of carboxylic acids is 2. The summed E-state index contributed by atoms with van der Waals surface area (Å²) in [6.07, 6.45) is 1.97. The third-order valence-corrected chi connectivity index (χ3v) is 7.00. The van der Waals surface area contributed by atoms with E-state index < -0.39 is 78.5 Å². The van der Waals surface area contributed by atoms with Gasteiger partial charge in [0.05, 0.1) is 6.42 Å². The van der Waals surface area contributed by atoms with E-state index in [2.05, 4.69) is 26.3 Å². The minimum atomic E-state index is -1.68. The molecule has 9 N–H and O–H groups in total. The first-order chi connectivity index (χ1) is 20.3. The van der Waals surface area contributed by atoms with Gasteiger partial charge in [0.25, 0.3) is 0 Å². The van der Waals surface area contributed by atoms with Crippen LogP contribution in [0.3, 0.4) is 0 Å². The van der Waals surface area contributed by atoms with Crippen LogP contribution >= 0.6 is 11.8 Å². The lowest BCUT2D eigenvalue weighted by Crippen LogP contribution is -2.58. The van der Waals surface area contributed by atoms with E-state index in [-0.39, 0.29) is 19.3 Å². The molecule has 0 aliphatic rings. The number of benzene rings is 1. The van der Waals surface area contributed by atoms with Crippen molar-refractivity contribution in [3.63, 3.8) is 0 Å². The molecule has 0 saturated heterocycles. The van der Waals surface area contributed by atoms with Gasteiger partial charge in [0.1, 0.15) is 24.2 Å². The maximum Gasteiger partial charge on any atom is 0.305 e. The second-order valence-corrected chi connectivity index (χ2v) is 10.7. The summed E-state index contributed by atoms with van der Waals surface area (Å²) in [6.45, 7) is 1.25. The predicted octanol–water partition coefficient (Wildman–Crippen LogP) is -0.753. The predicted molar refractivity (Wildman–Crippen MR) is 157 cm³/mol. The van der Waals surface area contributed by atoms with Crippen LogP contribution < -0.4 is 27.0 Å². The van der Waals surface area contributed by atoms with Crippen molar-refractivity contribution in [2.75, 3.05) is 12.0 Å². The number of para-hydroxylation sites is 1. The molecule has 0 saturated carbocycles. The van der Waals surface area contributed by atoms with Crippen LogP contribution in [-0.2, 0) is 40.0 Å². The van der Waals surface area contributed by atoms with Crippen LogP contribution in [0, 0.1) is 0 Å². The van der Waals surface area contributed by atoms with Gasteiger partial charge in [-0.1, -0.05) is 18.2 Å². The molecule has 0 fully saturated rings. The average molecular weight is 621 g/mol. The number of hydrogen-bond acceptors (Lipinski definition) is 8. The van der Waals surface area contributed by atoms with Gasteiger partial charge in [0.15, 0.2) is 0 Å². The molecule has 2 rings (SSSR count). The molecule has 4 atom stereocenters. The highest BCUT2D eigenvalue weighted by atomic mass is 32.2. The van der Waals surface area contributed by atoms with Crippen LogP contribution in [0.5, 0.6) is 0 Å². The Balaban J connectivity index is 2.23. The van der Waals surface area contributed by atoms with Gasteiger partial charge in [-0.2, -0.15) is 11.8 Å². The van der Waals surface area contributed by atoms with Crippen LogP contribution in [0.15, 0.2) is 30.5 Å². The molecule has 15 nitrogen and oxygen atoms in total. The number of hydrogen-bond donors (Lipinski definition) is 8. The second-order valence-electron chi connectivity index (χ2n) is 9.71. The standard InChI is InChI=1S/C27H36N6O9S/c1-14(34)30-20(11-15-13-29-17-6-4-3-5-16(15)17)26(41)32-19(9-10-43-2)25(40)33-21(12-23(37)38)27(42)31-18(24(28)39)7-8-22(35)36/h3-6,13,18-21,29H,7-12H2,1-2H3,(H2,28,39)(H,30,34)(H,31,42)(H,32,41)(H,33,40)(H,35,36)(H,37,38)/t18-,19-,20-,21-/m0/s1. The van der Waals surface area contributed by atoms with Gasteiger partial charge >= 0.3 is 11.9 Å². The zero-order valence-corrected chi connectivity index (χ0v) is 24.5. The van der Waals surface area contributed by atoms with Gasteiger partial charge < -0.3 is 42.2 Å². The topological polar surface area (TPSA) is 250 Å². The number of thioether (sulfide) groups is 1. The van der Waals surface area contributed by atoms with Gasteiger partial charge in [0.2, 0.25) is 29.5 Å². The summed E-state index contributed by atoms with van der Waals surface area (Å²) in [6, 6.07) is 2.00. The number of aliphatic carboxylic acids is 2. The molecule has 0 unspecified atom stereocenters. The number of primary amides is 1. The highest BCUT2D eigenvalue weighted by molar-refractivity contribution is 7.98. The van der Waals surface area contributed by atoms with Crippen LogP contribution in [0.2, 0.25) is 0 Å². The molecular weight excluding hydrogens is 584 g/mol. The summed E-state index contributed by atoms with van der Waals surface area (Å²) >= 11 is 1.38. The number of amides is 5. The fraction of sp³-hybridized carbons (Fsp3) is 0.444. The number of H-pyrrole nitrogens is 1. The van der Waals surface area contributed by atoms with E-state index in [0.29, 0.717) is 5.75 Å². The lowest BCUT2D eigenvalue weighted by molar-refractivity contribution is -0.141. The van der Waals surface area contributed by atoms with Gasteiger partial charge in [0, 0.05) is 36.9 Å². The van der Waals surface area contributed by atoms with Gasteiger partial charge in [-0.3, -0.25) is 33.6 Å². The van der Waals surface area contributed by atoms with Crippen LogP contribution in [0.1, 0.15) is 38.2 Å². The van der Waals surface area contributed by atoms with Crippen LogP contribution in [-0.4, -0.2) is 92.8 Å². The van der Waals surface area contributed by atoms with Crippen molar-refractivity contribution in [1.29, 1.82) is 0 Å². The van der Waals surface area contributed by atoms with Gasteiger partial charge in [-0.05, 0) is 36.5 Å². The Hall–Kier alpha value is -4.60. The molecule has 43 heavy (non-hydrogen) atoms. The SMILES string of the molecule is CSCC[C@H](NC(=O)[C@H](Cc1c[nH]c2ccccc12)NC(C)=O)C(=O)N[C@@H](CC(=O)O)C(=O)N[C@@H](CCC(=O)O)C(N)=O. The number of aromatic nitrogens is 1. The molecule has 234 valence electrons. The minimum absolute atomic E-state index is 0.0984. The molecule has 1 heterocycles. The van der Waals surface area contributed by atoms with Crippen molar-refractivity contribution in [2.24, 2.45) is 5.73 Å². The van der Waals surface area contributed by atoms with Gasteiger partial charge in [-0.15, -0.1) is 0 Å². The van der Waals surface area contributed by atoms with Crippen molar-refractivity contribution >= 4 is 64.1 Å². The van der Waals surface area contributed by atoms with E-state index in [4.69, 9.17) is 10.8 Å². The highest BCUT2D eigenvalue weighted by Gasteiger charge is 2.32. The molecule has 0 aliphatic carbocycles. The van der Waals surface area contributed by atoms with Crippen molar-refractivity contribution in [1.82, 2.24) is 26.3 Å². The van der Waals surface area contributed by atoms with Crippen molar-refractivity contribution < 1.29 is 43.8 Å². The van der Waals surface area contributed by atoms with Crippen molar-refractivity contribution in [2.45, 2.75) is 63.2 Å². The Morgan fingerprint density at radius 2 is 1.44 bits per heavy atom. The first-order valence-corrected chi connectivity index (χ1v) is 14.7. The number of rotatable bonds is 18. The molecule has 1 aromatic carbocycles. The number of carbonyl (C=O) groups excluding carboxylic acids is 5. The maximum atomic E-state index is 13.4. The van der Waals surface area contributed by atoms with E-state index in [1.54, 1.807) is 12.5 Å². The zero-order valence-electron chi connectivity index (χ0n) is 23.7. The Labute approximate surface area is 251 Å².